The highest BCUT2D eigenvalue weighted by Crippen LogP contribution is 2.40. The first-order valence-corrected chi connectivity index (χ1v) is 12.9. The standard InChI is InChI=1S/C29H32N4O5/c1-3-38-23-11-7-8-21(18-23)26-25(28(35)29(36)32(26)13-12-31-14-16-37-17-15-31)27(34)24-19-30-33(20(24)2)22-9-5-4-6-10-22/h4-11,18-19,26,34H,3,12-17H2,1-2H3/t26-/m0/s1. The summed E-state index contributed by atoms with van der Waals surface area (Å²) in [6.45, 7) is 7.97. The van der Waals surface area contributed by atoms with E-state index in [1.807, 2.05) is 68.4 Å². The molecule has 0 radical (unpaired) electrons. The molecule has 1 amide bonds. The lowest BCUT2D eigenvalue weighted by Gasteiger charge is -2.31. The van der Waals surface area contributed by atoms with Gasteiger partial charge in [0.2, 0.25) is 0 Å². The number of rotatable bonds is 8. The van der Waals surface area contributed by atoms with Crippen LogP contribution < -0.4 is 4.74 Å². The number of hydrogen-bond acceptors (Lipinski definition) is 7. The Hall–Kier alpha value is -3.95. The Balaban J connectivity index is 1.57. The quantitative estimate of drug-likeness (QED) is 0.279. The van der Waals surface area contributed by atoms with Crippen molar-refractivity contribution in [3.63, 3.8) is 0 Å². The number of aliphatic hydroxyl groups excluding tert-OH is 1. The highest BCUT2D eigenvalue weighted by Gasteiger charge is 2.46. The van der Waals surface area contributed by atoms with Crippen LogP contribution in [0.5, 0.6) is 5.75 Å². The summed E-state index contributed by atoms with van der Waals surface area (Å²) in [5.41, 5.74) is 2.66. The molecule has 2 aromatic carbocycles. The first-order chi connectivity index (χ1) is 18.5. The first-order valence-electron chi connectivity index (χ1n) is 12.9. The summed E-state index contributed by atoms with van der Waals surface area (Å²) >= 11 is 0. The van der Waals surface area contributed by atoms with E-state index < -0.39 is 17.7 Å². The largest absolute Gasteiger partial charge is 0.507 e. The Kier molecular flexibility index (Phi) is 7.57. The summed E-state index contributed by atoms with van der Waals surface area (Å²) in [6, 6.07) is 16.1. The summed E-state index contributed by atoms with van der Waals surface area (Å²) in [5, 5.41) is 16.0. The minimum absolute atomic E-state index is 0.0568. The number of para-hydroxylation sites is 1. The van der Waals surface area contributed by atoms with Gasteiger partial charge in [-0.15, -0.1) is 0 Å². The molecule has 9 nitrogen and oxygen atoms in total. The van der Waals surface area contributed by atoms with Gasteiger partial charge < -0.3 is 19.5 Å². The molecule has 2 fully saturated rings. The third kappa shape index (κ3) is 4.94. The fourth-order valence-electron chi connectivity index (χ4n) is 5.09. The van der Waals surface area contributed by atoms with Crippen LogP contribution in [-0.2, 0) is 14.3 Å². The van der Waals surface area contributed by atoms with E-state index >= 15 is 0 Å². The molecule has 0 unspecified atom stereocenters. The number of aromatic nitrogens is 2. The van der Waals surface area contributed by atoms with Gasteiger partial charge in [0.05, 0.1) is 54.6 Å². The molecule has 3 aromatic rings. The van der Waals surface area contributed by atoms with E-state index in [1.54, 1.807) is 9.58 Å². The number of aliphatic hydroxyl groups is 1. The Bertz CT molecular complexity index is 1340. The zero-order valence-electron chi connectivity index (χ0n) is 21.7. The summed E-state index contributed by atoms with van der Waals surface area (Å²) in [5.74, 6) is -0.927. The average Bonchev–Trinajstić information content (AvgIpc) is 3.45. The number of nitrogens with zero attached hydrogens (tertiary/aromatic N) is 4. The summed E-state index contributed by atoms with van der Waals surface area (Å²) in [4.78, 5) is 30.6. The fraction of sp³-hybridized carbons (Fsp3) is 0.345. The Morgan fingerprint density at radius 2 is 1.84 bits per heavy atom. The van der Waals surface area contributed by atoms with Gasteiger partial charge in [-0.3, -0.25) is 14.5 Å². The molecule has 0 saturated carbocycles. The number of likely N-dealkylation sites (tertiary alicyclic amines) is 1. The van der Waals surface area contributed by atoms with E-state index in [-0.39, 0.29) is 11.3 Å². The van der Waals surface area contributed by atoms with Crippen molar-refractivity contribution in [2.24, 2.45) is 0 Å². The van der Waals surface area contributed by atoms with Crippen LogP contribution in [-0.4, -0.2) is 82.4 Å². The van der Waals surface area contributed by atoms with Crippen LogP contribution in [0.1, 0.15) is 29.8 Å². The second kappa shape index (κ2) is 11.2. The fourth-order valence-corrected chi connectivity index (χ4v) is 5.09. The molecule has 0 aliphatic carbocycles. The van der Waals surface area contributed by atoms with Gasteiger partial charge in [-0.05, 0) is 43.7 Å². The molecule has 2 saturated heterocycles. The zero-order valence-corrected chi connectivity index (χ0v) is 21.7. The third-order valence-corrected chi connectivity index (χ3v) is 7.05. The normalized spacial score (nSPS) is 19.7. The van der Waals surface area contributed by atoms with Crippen LogP contribution in [0.3, 0.4) is 0 Å². The maximum absolute atomic E-state index is 13.5. The van der Waals surface area contributed by atoms with Crippen molar-refractivity contribution in [1.29, 1.82) is 0 Å². The molecule has 3 heterocycles. The summed E-state index contributed by atoms with van der Waals surface area (Å²) < 4.78 is 12.8. The summed E-state index contributed by atoms with van der Waals surface area (Å²) in [7, 11) is 0. The van der Waals surface area contributed by atoms with Crippen molar-refractivity contribution >= 4 is 17.4 Å². The third-order valence-electron chi connectivity index (χ3n) is 7.05. The Morgan fingerprint density at radius 1 is 1.08 bits per heavy atom. The number of amides is 1. The molecule has 38 heavy (non-hydrogen) atoms. The van der Waals surface area contributed by atoms with Crippen molar-refractivity contribution in [2.75, 3.05) is 46.0 Å². The van der Waals surface area contributed by atoms with Gasteiger partial charge in [-0.25, -0.2) is 4.68 Å². The SMILES string of the molecule is CCOc1cccc([C@H]2C(=C(O)c3cnn(-c4ccccc4)c3C)C(=O)C(=O)N2CCN2CCOCC2)c1. The average molecular weight is 517 g/mol. The summed E-state index contributed by atoms with van der Waals surface area (Å²) in [6.07, 6.45) is 1.53. The monoisotopic (exact) mass is 516 g/mol. The molecular weight excluding hydrogens is 484 g/mol. The Labute approximate surface area is 221 Å². The smallest absolute Gasteiger partial charge is 0.295 e. The van der Waals surface area contributed by atoms with Crippen molar-refractivity contribution < 1.29 is 24.2 Å². The number of Topliss-reactive ketones (excluding diaryl/α,β-unsaturated/α-hetero) is 1. The van der Waals surface area contributed by atoms with E-state index in [1.165, 1.54) is 6.20 Å². The van der Waals surface area contributed by atoms with E-state index in [0.717, 1.165) is 18.8 Å². The lowest BCUT2D eigenvalue weighted by molar-refractivity contribution is -0.140. The van der Waals surface area contributed by atoms with E-state index in [9.17, 15) is 14.7 Å². The number of carbonyl (C=O) groups excluding carboxylic acids is 2. The predicted octanol–water partition coefficient (Wildman–Crippen LogP) is 3.33. The molecule has 0 spiro atoms. The van der Waals surface area contributed by atoms with Crippen molar-refractivity contribution in [2.45, 2.75) is 19.9 Å². The molecule has 0 bridgehead atoms. The van der Waals surface area contributed by atoms with Gasteiger partial charge >= 0.3 is 0 Å². The van der Waals surface area contributed by atoms with Gasteiger partial charge in [0.25, 0.3) is 11.7 Å². The minimum Gasteiger partial charge on any atom is -0.507 e. The minimum atomic E-state index is -0.754. The van der Waals surface area contributed by atoms with E-state index in [4.69, 9.17) is 9.47 Å². The zero-order chi connectivity index (χ0) is 26.6. The van der Waals surface area contributed by atoms with Crippen LogP contribution in [0, 0.1) is 6.92 Å². The number of ketones is 1. The molecule has 1 atom stereocenters. The molecule has 2 aliphatic rings. The van der Waals surface area contributed by atoms with Gasteiger partial charge in [0.1, 0.15) is 11.5 Å². The Morgan fingerprint density at radius 3 is 2.58 bits per heavy atom. The van der Waals surface area contributed by atoms with Crippen LogP contribution in [0.15, 0.2) is 66.4 Å². The van der Waals surface area contributed by atoms with Crippen LogP contribution in [0.2, 0.25) is 0 Å². The molecule has 2 aliphatic heterocycles. The molecule has 1 N–H and O–H groups in total. The number of benzene rings is 2. The number of hydrogen-bond donors (Lipinski definition) is 1. The molecular formula is C29H32N4O5. The number of morpholine rings is 1. The second-order valence-electron chi connectivity index (χ2n) is 9.34. The van der Waals surface area contributed by atoms with Crippen LogP contribution in [0.25, 0.3) is 11.4 Å². The predicted molar refractivity (Wildman–Crippen MR) is 142 cm³/mol. The van der Waals surface area contributed by atoms with Crippen molar-refractivity contribution in [1.82, 2.24) is 19.6 Å². The lowest BCUT2D eigenvalue weighted by Crippen LogP contribution is -2.42. The topological polar surface area (TPSA) is 97.1 Å². The molecule has 5 rings (SSSR count). The van der Waals surface area contributed by atoms with Gasteiger partial charge in [-0.2, -0.15) is 5.10 Å². The highest BCUT2D eigenvalue weighted by molar-refractivity contribution is 6.46. The van der Waals surface area contributed by atoms with Crippen molar-refractivity contribution in [3.05, 3.63) is 83.2 Å². The lowest BCUT2D eigenvalue weighted by atomic mass is 9.95. The van der Waals surface area contributed by atoms with E-state index in [2.05, 4.69) is 10.00 Å². The number of carbonyl (C=O) groups is 2. The molecule has 1 aromatic heterocycles. The van der Waals surface area contributed by atoms with Gasteiger partial charge in [-0.1, -0.05) is 30.3 Å². The maximum Gasteiger partial charge on any atom is 0.295 e. The molecule has 9 heteroatoms. The molecule has 198 valence electrons. The number of ether oxygens (including phenoxy) is 2. The van der Waals surface area contributed by atoms with Crippen LogP contribution in [0.4, 0.5) is 0 Å². The van der Waals surface area contributed by atoms with Crippen LogP contribution >= 0.6 is 0 Å². The second-order valence-corrected chi connectivity index (χ2v) is 9.34. The van der Waals surface area contributed by atoms with Gasteiger partial charge in [0.15, 0.2) is 0 Å². The van der Waals surface area contributed by atoms with E-state index in [0.29, 0.717) is 55.5 Å². The highest BCUT2D eigenvalue weighted by atomic mass is 16.5. The first kappa shape index (κ1) is 25.7. The van der Waals surface area contributed by atoms with Crippen molar-refractivity contribution in [3.8, 4) is 11.4 Å². The maximum atomic E-state index is 13.5. The van der Waals surface area contributed by atoms with Gasteiger partial charge in [0, 0.05) is 26.2 Å².